The molecule has 2 aromatic rings. The van der Waals surface area contributed by atoms with Crippen molar-refractivity contribution in [1.29, 1.82) is 0 Å². The van der Waals surface area contributed by atoms with Gasteiger partial charge in [0.15, 0.2) is 11.6 Å². The summed E-state index contributed by atoms with van der Waals surface area (Å²) in [4.78, 5) is 0.976. The first-order chi connectivity index (χ1) is 8.70. The molecule has 1 unspecified atom stereocenters. The molecule has 0 spiro atoms. The van der Waals surface area contributed by atoms with Crippen LogP contribution in [0.4, 0.5) is 8.78 Å². The van der Waals surface area contributed by atoms with Crippen molar-refractivity contribution >= 4 is 11.3 Å². The number of hydrogen-bond donors (Lipinski definition) is 1. The zero-order chi connectivity index (χ0) is 13.0. The van der Waals surface area contributed by atoms with E-state index in [9.17, 15) is 8.78 Å². The Labute approximate surface area is 108 Å². The zero-order valence-corrected chi connectivity index (χ0v) is 10.4. The van der Waals surface area contributed by atoms with E-state index in [1.807, 2.05) is 17.5 Å². The fourth-order valence-electron chi connectivity index (χ4n) is 1.61. The zero-order valence-electron chi connectivity index (χ0n) is 9.61. The molecule has 0 saturated heterocycles. The van der Waals surface area contributed by atoms with E-state index in [-0.39, 0.29) is 11.9 Å². The van der Waals surface area contributed by atoms with E-state index in [4.69, 9.17) is 10.5 Å². The van der Waals surface area contributed by atoms with Crippen LogP contribution >= 0.6 is 11.3 Å². The van der Waals surface area contributed by atoms with Crippen molar-refractivity contribution in [1.82, 2.24) is 0 Å². The Morgan fingerprint density at radius 1 is 1.28 bits per heavy atom. The summed E-state index contributed by atoms with van der Waals surface area (Å²) in [5.74, 6) is -1.27. The maximum atomic E-state index is 13.5. The standard InChI is InChI=1S/C13H13F2NOS/c14-9-3-4-11(10(15)8-9)17-12(5-6-16)13-2-1-7-18-13/h1-4,7-8,12H,5-6,16H2. The third-order valence-corrected chi connectivity index (χ3v) is 3.42. The number of thiophene rings is 1. The fraction of sp³-hybridized carbons (Fsp3) is 0.231. The first-order valence-corrected chi connectivity index (χ1v) is 6.44. The highest BCUT2D eigenvalue weighted by Gasteiger charge is 2.16. The molecule has 0 amide bonds. The molecule has 18 heavy (non-hydrogen) atoms. The third kappa shape index (κ3) is 3.05. The Kier molecular flexibility index (Phi) is 4.28. The monoisotopic (exact) mass is 269 g/mol. The molecular weight excluding hydrogens is 256 g/mol. The molecule has 2 nitrogen and oxygen atoms in total. The average Bonchev–Trinajstić information content (AvgIpc) is 2.85. The molecule has 2 N–H and O–H groups in total. The Hall–Kier alpha value is -1.46. The number of ether oxygens (including phenoxy) is 1. The number of halogens is 2. The normalized spacial score (nSPS) is 12.4. The summed E-state index contributed by atoms with van der Waals surface area (Å²) in [5, 5.41) is 1.92. The summed E-state index contributed by atoms with van der Waals surface area (Å²) in [6, 6.07) is 7.08. The predicted molar refractivity (Wildman–Crippen MR) is 67.7 cm³/mol. The lowest BCUT2D eigenvalue weighted by Gasteiger charge is -2.17. The molecule has 1 heterocycles. The molecule has 2 rings (SSSR count). The predicted octanol–water partition coefficient (Wildman–Crippen LogP) is 3.50. The quantitative estimate of drug-likeness (QED) is 0.901. The van der Waals surface area contributed by atoms with Gasteiger partial charge in [-0.1, -0.05) is 6.07 Å². The molecule has 0 aliphatic rings. The van der Waals surface area contributed by atoms with Gasteiger partial charge in [0.1, 0.15) is 11.9 Å². The van der Waals surface area contributed by atoms with Gasteiger partial charge in [-0.3, -0.25) is 0 Å². The smallest absolute Gasteiger partial charge is 0.168 e. The maximum Gasteiger partial charge on any atom is 0.168 e. The van der Waals surface area contributed by atoms with Crippen LogP contribution in [-0.2, 0) is 0 Å². The van der Waals surface area contributed by atoms with Crippen LogP contribution in [0.15, 0.2) is 35.7 Å². The summed E-state index contributed by atoms with van der Waals surface area (Å²) in [6.07, 6.45) is 0.284. The summed E-state index contributed by atoms with van der Waals surface area (Å²) < 4.78 is 31.9. The van der Waals surface area contributed by atoms with E-state index in [0.717, 1.165) is 10.9 Å². The van der Waals surface area contributed by atoms with E-state index in [0.29, 0.717) is 13.0 Å². The number of rotatable bonds is 5. The summed E-state index contributed by atoms with van der Waals surface area (Å²) in [5.41, 5.74) is 5.52. The van der Waals surface area contributed by atoms with Gasteiger partial charge in [-0.2, -0.15) is 0 Å². The van der Waals surface area contributed by atoms with Gasteiger partial charge in [-0.05, 0) is 30.1 Å². The summed E-state index contributed by atoms with van der Waals surface area (Å²) in [6.45, 7) is 0.436. The minimum Gasteiger partial charge on any atom is -0.482 e. The van der Waals surface area contributed by atoms with Crippen molar-refractivity contribution in [3.63, 3.8) is 0 Å². The SMILES string of the molecule is NCCC(Oc1ccc(F)cc1F)c1cccs1. The Morgan fingerprint density at radius 2 is 2.11 bits per heavy atom. The van der Waals surface area contributed by atoms with Crippen LogP contribution in [0.25, 0.3) is 0 Å². The molecule has 1 atom stereocenters. The van der Waals surface area contributed by atoms with E-state index in [1.165, 1.54) is 23.5 Å². The molecular formula is C13H13F2NOS. The lowest BCUT2D eigenvalue weighted by Crippen LogP contribution is -2.12. The molecule has 96 valence electrons. The van der Waals surface area contributed by atoms with Crippen molar-refractivity contribution in [2.75, 3.05) is 6.54 Å². The molecule has 0 aliphatic carbocycles. The van der Waals surface area contributed by atoms with Gasteiger partial charge in [0, 0.05) is 17.4 Å². The van der Waals surface area contributed by atoms with Gasteiger partial charge in [-0.15, -0.1) is 11.3 Å². The van der Waals surface area contributed by atoms with Gasteiger partial charge in [0.2, 0.25) is 0 Å². The van der Waals surface area contributed by atoms with E-state index >= 15 is 0 Å². The van der Waals surface area contributed by atoms with Crippen molar-refractivity contribution < 1.29 is 13.5 Å². The number of hydrogen-bond acceptors (Lipinski definition) is 3. The Morgan fingerprint density at radius 3 is 2.72 bits per heavy atom. The van der Waals surface area contributed by atoms with Crippen LogP contribution in [-0.4, -0.2) is 6.54 Å². The summed E-state index contributed by atoms with van der Waals surface area (Å²) >= 11 is 1.52. The molecule has 0 fully saturated rings. The van der Waals surface area contributed by atoms with Crippen LogP contribution in [0.5, 0.6) is 5.75 Å². The molecule has 5 heteroatoms. The van der Waals surface area contributed by atoms with Gasteiger partial charge in [-0.25, -0.2) is 8.78 Å². The topological polar surface area (TPSA) is 35.2 Å². The highest BCUT2D eigenvalue weighted by Crippen LogP contribution is 2.29. The number of benzene rings is 1. The van der Waals surface area contributed by atoms with Gasteiger partial charge in [0.05, 0.1) is 0 Å². The Balaban J connectivity index is 2.18. The highest BCUT2D eigenvalue weighted by molar-refractivity contribution is 7.10. The molecule has 0 saturated carbocycles. The second-order valence-electron chi connectivity index (χ2n) is 3.77. The lowest BCUT2D eigenvalue weighted by molar-refractivity contribution is 0.192. The molecule has 1 aromatic heterocycles. The number of nitrogens with two attached hydrogens (primary N) is 1. The Bertz CT molecular complexity index is 502. The van der Waals surface area contributed by atoms with Gasteiger partial charge >= 0.3 is 0 Å². The first kappa shape index (κ1) is 13.0. The van der Waals surface area contributed by atoms with Crippen LogP contribution in [0.3, 0.4) is 0 Å². The van der Waals surface area contributed by atoms with Crippen molar-refractivity contribution in [2.24, 2.45) is 5.73 Å². The molecule has 0 aliphatic heterocycles. The van der Waals surface area contributed by atoms with Crippen LogP contribution in [0.1, 0.15) is 17.4 Å². The van der Waals surface area contributed by atoms with Crippen molar-refractivity contribution in [3.8, 4) is 5.75 Å². The highest BCUT2D eigenvalue weighted by atomic mass is 32.1. The van der Waals surface area contributed by atoms with Crippen LogP contribution in [0.2, 0.25) is 0 Å². The van der Waals surface area contributed by atoms with Gasteiger partial charge < -0.3 is 10.5 Å². The second-order valence-corrected chi connectivity index (χ2v) is 4.75. The van der Waals surface area contributed by atoms with Crippen LogP contribution in [0, 0.1) is 11.6 Å². The molecule has 0 bridgehead atoms. The second kappa shape index (κ2) is 5.93. The minimum atomic E-state index is -0.700. The van der Waals surface area contributed by atoms with E-state index in [2.05, 4.69) is 0 Å². The average molecular weight is 269 g/mol. The largest absolute Gasteiger partial charge is 0.482 e. The molecule has 0 radical (unpaired) electrons. The van der Waals surface area contributed by atoms with E-state index < -0.39 is 11.6 Å². The first-order valence-electron chi connectivity index (χ1n) is 5.56. The van der Waals surface area contributed by atoms with Crippen molar-refractivity contribution in [2.45, 2.75) is 12.5 Å². The van der Waals surface area contributed by atoms with Crippen molar-refractivity contribution in [3.05, 3.63) is 52.2 Å². The van der Waals surface area contributed by atoms with Gasteiger partial charge in [0.25, 0.3) is 0 Å². The van der Waals surface area contributed by atoms with Crippen LogP contribution < -0.4 is 10.5 Å². The summed E-state index contributed by atoms with van der Waals surface area (Å²) in [7, 11) is 0. The maximum absolute atomic E-state index is 13.5. The third-order valence-electron chi connectivity index (χ3n) is 2.45. The minimum absolute atomic E-state index is 0.0447. The van der Waals surface area contributed by atoms with E-state index in [1.54, 1.807) is 0 Å². The lowest BCUT2D eigenvalue weighted by atomic mass is 10.2. The molecule has 1 aromatic carbocycles. The fourth-order valence-corrected chi connectivity index (χ4v) is 2.40.